The molecule has 0 radical (unpaired) electrons. The first-order chi connectivity index (χ1) is 13.3. The molecule has 1 N–H and O–H groups in total. The minimum atomic E-state index is -3.35. The van der Waals surface area contributed by atoms with Gasteiger partial charge in [-0.3, -0.25) is 0 Å². The summed E-state index contributed by atoms with van der Waals surface area (Å²) in [6.07, 6.45) is 1.43. The summed E-state index contributed by atoms with van der Waals surface area (Å²) in [4.78, 5) is 0. The van der Waals surface area contributed by atoms with Gasteiger partial charge in [0.1, 0.15) is 18.1 Å². The van der Waals surface area contributed by atoms with Crippen LogP contribution in [0.3, 0.4) is 0 Å². The third kappa shape index (κ3) is 4.80. The van der Waals surface area contributed by atoms with Crippen LogP contribution in [0.15, 0.2) is 42.5 Å². The predicted octanol–water partition coefficient (Wildman–Crippen LogP) is 4.18. The average Bonchev–Trinajstić information content (AvgIpc) is 3.02. The summed E-state index contributed by atoms with van der Waals surface area (Å²) in [6, 6.07) is 11.7. The molecule has 3 rings (SSSR count). The van der Waals surface area contributed by atoms with Crippen LogP contribution in [0.2, 0.25) is 0 Å². The Morgan fingerprint density at radius 3 is 2.64 bits per heavy atom. The molecular formula is C20H23F2NO4S. The Morgan fingerprint density at radius 2 is 1.93 bits per heavy atom. The Bertz CT molecular complexity index is 932. The van der Waals surface area contributed by atoms with Crippen LogP contribution in [-0.4, -0.2) is 20.3 Å². The fourth-order valence-corrected chi connectivity index (χ4v) is 4.05. The van der Waals surface area contributed by atoms with Crippen LogP contribution in [0, 0.1) is 0 Å². The molecule has 5 nitrogen and oxygen atoms in total. The molecule has 8 heteroatoms. The maximum Gasteiger partial charge on any atom is 0.387 e. The summed E-state index contributed by atoms with van der Waals surface area (Å²) in [5.74, 6) is 0.680. The van der Waals surface area contributed by atoms with Gasteiger partial charge in [0.15, 0.2) is 0 Å². The zero-order valence-electron chi connectivity index (χ0n) is 15.7. The van der Waals surface area contributed by atoms with Crippen molar-refractivity contribution in [1.29, 1.82) is 0 Å². The number of nitrogens with one attached hydrogen (secondary N) is 1. The standard InChI is InChI=1S/C20H23F2NO4S/c1-13(2)28(24,25)23-18-10-7-14-11-16(8-9-17(14)18)26-12-15-5-3-4-6-19(15)27-20(21)22/h3-6,8-9,11,13,18,20,23H,7,10,12H2,1-2H3. The van der Waals surface area contributed by atoms with Crippen LogP contribution in [0.1, 0.15) is 43.0 Å². The van der Waals surface area contributed by atoms with Crippen LogP contribution in [0.5, 0.6) is 11.5 Å². The minimum Gasteiger partial charge on any atom is -0.489 e. The van der Waals surface area contributed by atoms with Crippen molar-refractivity contribution in [2.75, 3.05) is 0 Å². The number of hydrogen-bond donors (Lipinski definition) is 1. The molecular weight excluding hydrogens is 388 g/mol. The zero-order chi connectivity index (χ0) is 20.3. The lowest BCUT2D eigenvalue weighted by Crippen LogP contribution is -2.33. The summed E-state index contributed by atoms with van der Waals surface area (Å²) in [6.45, 7) is 0.480. The van der Waals surface area contributed by atoms with E-state index in [1.54, 1.807) is 38.1 Å². The summed E-state index contributed by atoms with van der Waals surface area (Å²) >= 11 is 0. The van der Waals surface area contributed by atoms with Crippen LogP contribution < -0.4 is 14.2 Å². The highest BCUT2D eigenvalue weighted by Crippen LogP contribution is 2.34. The fourth-order valence-electron chi connectivity index (χ4n) is 3.14. The third-order valence-corrected chi connectivity index (χ3v) is 6.56. The quantitative estimate of drug-likeness (QED) is 0.708. The van der Waals surface area contributed by atoms with E-state index in [-0.39, 0.29) is 18.4 Å². The van der Waals surface area contributed by atoms with Crippen molar-refractivity contribution in [3.63, 3.8) is 0 Å². The van der Waals surface area contributed by atoms with Gasteiger partial charge in [-0.25, -0.2) is 13.1 Å². The number of alkyl halides is 2. The van der Waals surface area contributed by atoms with Crippen molar-refractivity contribution in [3.05, 3.63) is 59.2 Å². The monoisotopic (exact) mass is 411 g/mol. The first kappa shape index (κ1) is 20.5. The largest absolute Gasteiger partial charge is 0.489 e. The number of fused-ring (bicyclic) bond motifs is 1. The van der Waals surface area contributed by atoms with Gasteiger partial charge in [0, 0.05) is 11.6 Å². The number of sulfonamides is 1. The lowest BCUT2D eigenvalue weighted by Gasteiger charge is -2.17. The Balaban J connectivity index is 1.69. The zero-order valence-corrected chi connectivity index (χ0v) is 16.5. The molecule has 0 bridgehead atoms. The number of benzene rings is 2. The first-order valence-corrected chi connectivity index (χ1v) is 10.6. The van der Waals surface area contributed by atoms with E-state index in [9.17, 15) is 17.2 Å². The lowest BCUT2D eigenvalue weighted by molar-refractivity contribution is -0.0508. The summed E-state index contributed by atoms with van der Waals surface area (Å²) in [5.41, 5.74) is 2.48. The molecule has 0 saturated heterocycles. The Morgan fingerprint density at radius 1 is 1.18 bits per heavy atom. The number of aryl methyl sites for hydroxylation is 1. The third-order valence-electron chi connectivity index (χ3n) is 4.70. The van der Waals surface area contributed by atoms with Gasteiger partial charge >= 0.3 is 6.61 Å². The summed E-state index contributed by atoms with van der Waals surface area (Å²) in [7, 11) is -3.35. The Kier molecular flexibility index (Phi) is 6.20. The number of ether oxygens (including phenoxy) is 2. The topological polar surface area (TPSA) is 64.6 Å². The van der Waals surface area contributed by atoms with E-state index < -0.39 is 21.9 Å². The van der Waals surface area contributed by atoms with E-state index in [4.69, 9.17) is 4.74 Å². The number of halogens is 2. The van der Waals surface area contributed by atoms with E-state index in [0.717, 1.165) is 17.5 Å². The Labute approximate surface area is 163 Å². The fraction of sp³-hybridized carbons (Fsp3) is 0.400. The number of hydrogen-bond acceptors (Lipinski definition) is 4. The summed E-state index contributed by atoms with van der Waals surface area (Å²) in [5, 5.41) is -0.491. The molecule has 0 aromatic heterocycles. The van der Waals surface area contributed by atoms with E-state index in [2.05, 4.69) is 9.46 Å². The predicted molar refractivity (Wildman–Crippen MR) is 102 cm³/mol. The second-order valence-corrected chi connectivity index (χ2v) is 9.21. The molecule has 2 aromatic carbocycles. The second-order valence-electron chi connectivity index (χ2n) is 6.94. The van der Waals surface area contributed by atoms with Gasteiger partial charge in [0.2, 0.25) is 10.0 Å². The molecule has 0 amide bonds. The van der Waals surface area contributed by atoms with Crippen molar-refractivity contribution in [1.82, 2.24) is 4.72 Å². The molecule has 2 aromatic rings. The van der Waals surface area contributed by atoms with Crippen molar-refractivity contribution in [2.24, 2.45) is 0 Å². The van der Waals surface area contributed by atoms with Crippen molar-refractivity contribution < 1.29 is 26.7 Å². The minimum absolute atomic E-state index is 0.0850. The molecule has 28 heavy (non-hydrogen) atoms. The number of para-hydroxylation sites is 1. The van der Waals surface area contributed by atoms with Gasteiger partial charge in [0.25, 0.3) is 0 Å². The highest BCUT2D eigenvalue weighted by atomic mass is 32.2. The van der Waals surface area contributed by atoms with Gasteiger partial charge < -0.3 is 9.47 Å². The molecule has 1 atom stereocenters. The number of rotatable bonds is 8. The van der Waals surface area contributed by atoms with Crippen molar-refractivity contribution >= 4 is 10.0 Å². The molecule has 0 fully saturated rings. The molecule has 0 saturated carbocycles. The molecule has 0 heterocycles. The van der Waals surface area contributed by atoms with Crippen molar-refractivity contribution in [3.8, 4) is 11.5 Å². The van der Waals surface area contributed by atoms with E-state index in [0.29, 0.717) is 17.7 Å². The molecule has 0 aliphatic heterocycles. The average molecular weight is 411 g/mol. The first-order valence-electron chi connectivity index (χ1n) is 9.06. The van der Waals surface area contributed by atoms with Crippen LogP contribution in [-0.2, 0) is 23.1 Å². The summed E-state index contributed by atoms with van der Waals surface area (Å²) < 4.78 is 62.3. The maximum absolute atomic E-state index is 12.5. The van der Waals surface area contributed by atoms with Crippen molar-refractivity contribution in [2.45, 2.75) is 51.2 Å². The van der Waals surface area contributed by atoms with Crippen LogP contribution >= 0.6 is 0 Å². The van der Waals surface area contributed by atoms with Crippen LogP contribution in [0.4, 0.5) is 8.78 Å². The van der Waals surface area contributed by atoms with Gasteiger partial charge in [-0.2, -0.15) is 8.78 Å². The SMILES string of the molecule is CC(C)S(=O)(=O)NC1CCc2cc(OCc3ccccc3OC(F)F)ccc21. The van der Waals surface area contributed by atoms with Gasteiger partial charge in [0.05, 0.1) is 5.25 Å². The van der Waals surface area contributed by atoms with E-state index in [1.165, 1.54) is 6.07 Å². The Hall–Kier alpha value is -2.19. The van der Waals surface area contributed by atoms with Crippen LogP contribution in [0.25, 0.3) is 0 Å². The normalized spacial score (nSPS) is 16.4. The van der Waals surface area contributed by atoms with Gasteiger partial charge in [-0.1, -0.05) is 24.3 Å². The smallest absolute Gasteiger partial charge is 0.387 e. The van der Waals surface area contributed by atoms with Gasteiger partial charge in [-0.15, -0.1) is 0 Å². The van der Waals surface area contributed by atoms with Gasteiger partial charge in [-0.05, 0) is 56.0 Å². The molecule has 152 valence electrons. The lowest BCUT2D eigenvalue weighted by atomic mass is 10.1. The molecule has 0 spiro atoms. The van der Waals surface area contributed by atoms with E-state index >= 15 is 0 Å². The highest BCUT2D eigenvalue weighted by Gasteiger charge is 2.28. The maximum atomic E-state index is 12.5. The molecule has 1 unspecified atom stereocenters. The van der Waals surface area contributed by atoms with E-state index in [1.807, 2.05) is 12.1 Å². The highest BCUT2D eigenvalue weighted by molar-refractivity contribution is 7.90. The molecule has 1 aliphatic carbocycles. The second kappa shape index (κ2) is 8.45. The molecule has 1 aliphatic rings.